The summed E-state index contributed by atoms with van der Waals surface area (Å²) in [6, 6.07) is 10.1. The number of phenols is 1. The van der Waals surface area contributed by atoms with Crippen molar-refractivity contribution in [3.8, 4) is 23.0 Å². The fraction of sp³-hybridized carbons (Fsp3) is 0.211. The normalized spacial score (nSPS) is 13.1. The van der Waals surface area contributed by atoms with E-state index >= 15 is 0 Å². The fourth-order valence-corrected chi connectivity index (χ4v) is 2.67. The van der Waals surface area contributed by atoms with Crippen molar-refractivity contribution in [1.82, 2.24) is 5.43 Å². The van der Waals surface area contributed by atoms with Crippen LogP contribution in [0.3, 0.4) is 0 Å². The number of ether oxygens (including phenoxy) is 3. The van der Waals surface area contributed by atoms with Crippen molar-refractivity contribution in [1.29, 1.82) is 0 Å². The van der Waals surface area contributed by atoms with Crippen LogP contribution in [0.4, 0.5) is 5.69 Å². The molecule has 0 bridgehead atoms. The zero-order valence-corrected chi connectivity index (χ0v) is 15.3. The third kappa shape index (κ3) is 3.98. The molecule has 3 rings (SSSR count). The van der Waals surface area contributed by atoms with Gasteiger partial charge in [0.25, 0.3) is 11.8 Å². The average molecular weight is 385 g/mol. The lowest BCUT2D eigenvalue weighted by Gasteiger charge is -2.28. The highest BCUT2D eigenvalue weighted by Crippen LogP contribution is 2.36. The first kappa shape index (κ1) is 19.0. The van der Waals surface area contributed by atoms with Crippen LogP contribution in [0.15, 0.2) is 41.5 Å². The molecule has 2 amide bonds. The Morgan fingerprint density at radius 1 is 1.29 bits per heavy atom. The molecular formula is C19H19N3O6. The molecule has 9 heteroatoms. The van der Waals surface area contributed by atoms with Crippen LogP contribution in [0, 0.1) is 0 Å². The van der Waals surface area contributed by atoms with Gasteiger partial charge in [0.15, 0.2) is 18.1 Å². The number of hydrogen-bond donors (Lipinski definition) is 2. The van der Waals surface area contributed by atoms with E-state index in [9.17, 15) is 14.7 Å². The lowest BCUT2D eigenvalue weighted by molar-refractivity contribution is -0.125. The van der Waals surface area contributed by atoms with Crippen molar-refractivity contribution < 1.29 is 28.9 Å². The Balaban J connectivity index is 1.67. The third-order valence-corrected chi connectivity index (χ3v) is 4.01. The number of nitrogens with one attached hydrogen (secondary N) is 1. The van der Waals surface area contributed by atoms with Gasteiger partial charge in [0.2, 0.25) is 5.75 Å². The lowest BCUT2D eigenvalue weighted by atomic mass is 10.2. The summed E-state index contributed by atoms with van der Waals surface area (Å²) in [4.78, 5) is 25.6. The van der Waals surface area contributed by atoms with Gasteiger partial charge in [-0.15, -0.1) is 0 Å². The summed E-state index contributed by atoms with van der Waals surface area (Å²) in [7, 11) is 2.82. The van der Waals surface area contributed by atoms with Crippen molar-refractivity contribution >= 4 is 23.7 Å². The second-order valence-electron chi connectivity index (χ2n) is 5.80. The number of hydrazone groups is 1. The van der Waals surface area contributed by atoms with E-state index in [1.807, 2.05) is 0 Å². The van der Waals surface area contributed by atoms with Gasteiger partial charge in [0.05, 0.1) is 26.1 Å². The molecule has 0 spiro atoms. The molecule has 0 aliphatic carbocycles. The summed E-state index contributed by atoms with van der Waals surface area (Å²) in [6.45, 7) is -0.320. The number of carbonyl (C=O) groups excluding carboxylic acids is 2. The molecule has 0 saturated heterocycles. The van der Waals surface area contributed by atoms with Crippen LogP contribution < -0.4 is 24.5 Å². The number of rotatable bonds is 6. The van der Waals surface area contributed by atoms with Gasteiger partial charge in [-0.1, -0.05) is 12.1 Å². The first-order chi connectivity index (χ1) is 13.5. The van der Waals surface area contributed by atoms with Crippen molar-refractivity contribution in [3.05, 3.63) is 42.0 Å². The largest absolute Gasteiger partial charge is 0.502 e. The second-order valence-corrected chi connectivity index (χ2v) is 5.80. The molecule has 2 aromatic rings. The SMILES string of the molecule is COc1cc(/C=N/NC(=O)CN2C(=O)COc3ccccc32)cc(OC)c1O. The van der Waals surface area contributed by atoms with Crippen LogP contribution >= 0.6 is 0 Å². The zero-order valence-electron chi connectivity index (χ0n) is 15.3. The van der Waals surface area contributed by atoms with E-state index in [0.717, 1.165) is 0 Å². The van der Waals surface area contributed by atoms with E-state index in [2.05, 4.69) is 10.5 Å². The minimum atomic E-state index is -0.473. The fourth-order valence-electron chi connectivity index (χ4n) is 2.67. The standard InChI is InChI=1S/C19H19N3O6/c1-26-15-7-12(8-16(27-2)19(15)25)9-20-21-17(23)10-22-13-5-3-4-6-14(13)28-11-18(22)24/h3-9,25H,10-11H2,1-2H3,(H,21,23)/b20-9+. The van der Waals surface area contributed by atoms with Crippen molar-refractivity contribution in [2.24, 2.45) is 5.10 Å². The Bertz CT molecular complexity index is 903. The van der Waals surface area contributed by atoms with Gasteiger partial charge in [-0.05, 0) is 24.3 Å². The summed E-state index contributed by atoms with van der Waals surface area (Å²) in [5.74, 6) is 0.0486. The molecule has 1 aliphatic rings. The number of benzene rings is 2. The number of methoxy groups -OCH3 is 2. The second kappa shape index (κ2) is 8.30. The molecule has 0 radical (unpaired) electrons. The molecule has 28 heavy (non-hydrogen) atoms. The highest BCUT2D eigenvalue weighted by atomic mass is 16.5. The van der Waals surface area contributed by atoms with E-state index in [1.165, 1.54) is 37.5 Å². The quantitative estimate of drug-likeness (QED) is 0.573. The third-order valence-electron chi connectivity index (χ3n) is 4.01. The van der Waals surface area contributed by atoms with E-state index in [0.29, 0.717) is 17.0 Å². The zero-order chi connectivity index (χ0) is 20.1. The van der Waals surface area contributed by atoms with Crippen LogP contribution in [-0.4, -0.2) is 50.5 Å². The average Bonchev–Trinajstić information content (AvgIpc) is 2.71. The van der Waals surface area contributed by atoms with Crippen molar-refractivity contribution in [3.63, 3.8) is 0 Å². The number of amides is 2. The van der Waals surface area contributed by atoms with E-state index in [4.69, 9.17) is 14.2 Å². The Kier molecular flexibility index (Phi) is 5.64. The van der Waals surface area contributed by atoms with E-state index in [-0.39, 0.29) is 36.3 Å². The number of fused-ring (bicyclic) bond motifs is 1. The number of hydrogen-bond acceptors (Lipinski definition) is 7. The van der Waals surface area contributed by atoms with Gasteiger partial charge >= 0.3 is 0 Å². The molecule has 1 heterocycles. The molecule has 0 unspecified atom stereocenters. The lowest BCUT2D eigenvalue weighted by Crippen LogP contribution is -2.44. The number of nitrogens with zero attached hydrogens (tertiary/aromatic N) is 2. The highest BCUT2D eigenvalue weighted by Gasteiger charge is 2.26. The van der Waals surface area contributed by atoms with Crippen LogP contribution in [0.1, 0.15) is 5.56 Å². The van der Waals surface area contributed by atoms with Crippen LogP contribution in [0.25, 0.3) is 0 Å². The molecule has 1 aliphatic heterocycles. The van der Waals surface area contributed by atoms with Gasteiger partial charge < -0.3 is 19.3 Å². The predicted octanol–water partition coefficient (Wildman–Crippen LogP) is 1.29. The van der Waals surface area contributed by atoms with Gasteiger partial charge in [-0.2, -0.15) is 5.10 Å². The molecule has 2 N–H and O–H groups in total. The maximum Gasteiger partial charge on any atom is 0.265 e. The van der Waals surface area contributed by atoms with Crippen molar-refractivity contribution in [2.45, 2.75) is 0 Å². The summed E-state index contributed by atoms with van der Waals surface area (Å²) in [5.41, 5.74) is 3.45. The number of phenolic OH excluding ortho intramolecular Hbond substituents is 1. The molecule has 146 valence electrons. The maximum absolute atomic E-state index is 12.2. The topological polar surface area (TPSA) is 110 Å². The summed E-state index contributed by atoms with van der Waals surface area (Å²) < 4.78 is 15.5. The van der Waals surface area contributed by atoms with Crippen LogP contribution in [0.5, 0.6) is 23.0 Å². The number of aromatic hydroxyl groups is 1. The van der Waals surface area contributed by atoms with E-state index < -0.39 is 5.91 Å². The molecule has 0 fully saturated rings. The van der Waals surface area contributed by atoms with E-state index in [1.54, 1.807) is 24.3 Å². The summed E-state index contributed by atoms with van der Waals surface area (Å²) in [5, 5.41) is 13.8. The molecule has 2 aromatic carbocycles. The van der Waals surface area contributed by atoms with Crippen molar-refractivity contribution in [2.75, 3.05) is 32.3 Å². The Hall–Kier alpha value is -3.75. The molecule has 0 aromatic heterocycles. The number of anilines is 1. The highest BCUT2D eigenvalue weighted by molar-refractivity contribution is 6.02. The van der Waals surface area contributed by atoms with Crippen LogP contribution in [-0.2, 0) is 9.59 Å². The first-order valence-corrected chi connectivity index (χ1v) is 8.32. The first-order valence-electron chi connectivity index (χ1n) is 8.32. The molecule has 0 saturated carbocycles. The monoisotopic (exact) mass is 385 g/mol. The molecule has 9 nitrogen and oxygen atoms in total. The van der Waals surface area contributed by atoms with Gasteiger partial charge in [-0.25, -0.2) is 5.43 Å². The van der Waals surface area contributed by atoms with Gasteiger partial charge in [0, 0.05) is 5.56 Å². The Morgan fingerprint density at radius 2 is 1.96 bits per heavy atom. The van der Waals surface area contributed by atoms with Gasteiger partial charge in [0.1, 0.15) is 12.3 Å². The number of para-hydroxylation sites is 2. The Morgan fingerprint density at radius 3 is 2.64 bits per heavy atom. The molecule has 0 atom stereocenters. The Labute approximate surface area is 161 Å². The minimum absolute atomic E-state index is 0.124. The minimum Gasteiger partial charge on any atom is -0.502 e. The predicted molar refractivity (Wildman–Crippen MR) is 101 cm³/mol. The van der Waals surface area contributed by atoms with Gasteiger partial charge in [-0.3, -0.25) is 14.5 Å². The number of carbonyl (C=O) groups is 2. The molecular weight excluding hydrogens is 366 g/mol. The summed E-state index contributed by atoms with van der Waals surface area (Å²) in [6.07, 6.45) is 1.37. The maximum atomic E-state index is 12.2. The van der Waals surface area contributed by atoms with Crippen LogP contribution in [0.2, 0.25) is 0 Å². The summed E-state index contributed by atoms with van der Waals surface area (Å²) >= 11 is 0. The smallest absolute Gasteiger partial charge is 0.265 e.